The van der Waals surface area contributed by atoms with Crippen molar-refractivity contribution in [3.63, 3.8) is 0 Å². The predicted octanol–water partition coefficient (Wildman–Crippen LogP) is 8.79. The smallest absolute Gasteiger partial charge is 0.410 e. The predicted molar refractivity (Wildman–Crippen MR) is 213 cm³/mol. The molecule has 4 heterocycles. The lowest BCUT2D eigenvalue weighted by molar-refractivity contribution is -0.172. The molecule has 2 aliphatic heterocycles. The minimum absolute atomic E-state index is 0.0883. The topological polar surface area (TPSA) is 98.1 Å². The first-order valence-electron chi connectivity index (χ1n) is 18.3. The molecule has 0 unspecified atom stereocenters. The van der Waals surface area contributed by atoms with Crippen LogP contribution in [0.1, 0.15) is 52.7 Å². The van der Waals surface area contributed by atoms with Gasteiger partial charge in [-0.25, -0.2) is 14.8 Å². The zero-order valence-electron chi connectivity index (χ0n) is 33.9. The first-order valence-corrected chi connectivity index (χ1v) is 22.0. The molecule has 17 heteroatoms. The van der Waals surface area contributed by atoms with Gasteiger partial charge in [0.25, 0.3) is 0 Å². The average molecular weight is 829 g/mol. The molecule has 0 saturated carbocycles. The number of rotatable bonds is 11. The van der Waals surface area contributed by atoms with Crippen molar-refractivity contribution in [2.75, 3.05) is 57.8 Å². The molecule has 2 aliphatic rings. The number of aryl methyl sites for hydroxylation is 1. The van der Waals surface area contributed by atoms with Crippen molar-refractivity contribution >= 4 is 43.4 Å². The SMILES string of the molecule is Cc1c(-c2c(C)c(Cl)nn2C)nc(-c2cc(OC[C@@H](CN(C)C(=O)OC(C)(C)C)O[Si](C)(C)C(C)(C)C)ccc2Cl)nc1N1CC2(CN(CC(F)(F)F)C2)C1. The number of likely N-dealkylation sites (tertiary alicyclic amines) is 1. The Balaban J connectivity index is 1.45. The molecule has 55 heavy (non-hydrogen) atoms. The summed E-state index contributed by atoms with van der Waals surface area (Å²) in [6.07, 6.45) is -5.16. The second kappa shape index (κ2) is 15.3. The first-order chi connectivity index (χ1) is 25.2. The van der Waals surface area contributed by atoms with Gasteiger partial charge in [0, 0.05) is 62.4 Å². The fourth-order valence-corrected chi connectivity index (χ4v) is 8.60. The molecule has 0 bridgehead atoms. The molecular weight excluding hydrogens is 774 g/mol. The van der Waals surface area contributed by atoms with Crippen molar-refractivity contribution in [1.29, 1.82) is 0 Å². The number of nitrogens with zero attached hydrogens (tertiary/aromatic N) is 7. The zero-order chi connectivity index (χ0) is 41.1. The molecule has 0 N–H and O–H groups in total. The fourth-order valence-electron chi connectivity index (χ4n) is 6.86. The molecule has 304 valence electrons. The number of alkyl halides is 3. The molecule has 1 spiro atoms. The lowest BCUT2D eigenvalue weighted by Crippen LogP contribution is -2.73. The highest BCUT2D eigenvalue weighted by atomic mass is 35.5. The minimum atomic E-state index is -4.23. The summed E-state index contributed by atoms with van der Waals surface area (Å²) in [4.78, 5) is 28.0. The fraction of sp³-hybridized carbons (Fsp3) is 0.632. The van der Waals surface area contributed by atoms with Gasteiger partial charge in [-0.1, -0.05) is 44.0 Å². The number of ether oxygens (including phenoxy) is 2. The van der Waals surface area contributed by atoms with E-state index in [1.54, 1.807) is 37.0 Å². The number of benzene rings is 1. The summed E-state index contributed by atoms with van der Waals surface area (Å²) in [6, 6.07) is 5.26. The molecule has 0 aliphatic carbocycles. The number of aromatic nitrogens is 4. The Morgan fingerprint density at radius 3 is 2.20 bits per heavy atom. The maximum absolute atomic E-state index is 13.0. The molecule has 1 aromatic carbocycles. The Bertz CT molecular complexity index is 1900. The quantitative estimate of drug-likeness (QED) is 0.176. The molecule has 2 fully saturated rings. The third-order valence-corrected chi connectivity index (χ3v) is 15.7. The van der Waals surface area contributed by atoms with E-state index in [2.05, 4.69) is 43.9 Å². The Kier molecular flexibility index (Phi) is 12.0. The van der Waals surface area contributed by atoms with Crippen LogP contribution in [-0.2, 0) is 16.2 Å². The van der Waals surface area contributed by atoms with Crippen molar-refractivity contribution in [1.82, 2.24) is 29.5 Å². The lowest BCUT2D eigenvalue weighted by Gasteiger charge is -2.61. The van der Waals surface area contributed by atoms with Gasteiger partial charge in [0.2, 0.25) is 0 Å². The largest absolute Gasteiger partial charge is 0.491 e. The van der Waals surface area contributed by atoms with Crippen LogP contribution in [0.2, 0.25) is 28.3 Å². The van der Waals surface area contributed by atoms with Crippen LogP contribution >= 0.6 is 23.2 Å². The molecule has 2 aromatic heterocycles. The van der Waals surface area contributed by atoms with Crippen molar-refractivity contribution in [2.45, 2.75) is 91.4 Å². The maximum Gasteiger partial charge on any atom is 0.410 e. The summed E-state index contributed by atoms with van der Waals surface area (Å²) in [5, 5.41) is 5.06. The summed E-state index contributed by atoms with van der Waals surface area (Å²) in [5.74, 6) is 1.50. The maximum atomic E-state index is 13.0. The number of carbonyl (C=O) groups excluding carboxylic acids is 1. The second-order valence-electron chi connectivity index (χ2n) is 17.7. The van der Waals surface area contributed by atoms with E-state index in [-0.39, 0.29) is 23.6 Å². The van der Waals surface area contributed by atoms with Gasteiger partial charge < -0.3 is 23.7 Å². The van der Waals surface area contributed by atoms with E-state index in [0.29, 0.717) is 70.7 Å². The van der Waals surface area contributed by atoms with E-state index in [1.165, 1.54) is 9.80 Å². The number of anilines is 1. The van der Waals surface area contributed by atoms with E-state index >= 15 is 0 Å². The molecular formula is C38H54Cl2F3N7O4Si. The molecule has 5 rings (SSSR count). The van der Waals surface area contributed by atoms with E-state index < -0.39 is 38.8 Å². The minimum Gasteiger partial charge on any atom is -0.491 e. The van der Waals surface area contributed by atoms with Gasteiger partial charge in [-0.2, -0.15) is 18.3 Å². The van der Waals surface area contributed by atoms with E-state index in [4.69, 9.17) is 47.1 Å². The lowest BCUT2D eigenvalue weighted by atomic mass is 9.72. The van der Waals surface area contributed by atoms with Crippen LogP contribution in [0.4, 0.5) is 23.8 Å². The van der Waals surface area contributed by atoms with E-state index in [9.17, 15) is 18.0 Å². The number of carbonyl (C=O) groups is 1. The van der Waals surface area contributed by atoms with Crippen molar-refractivity contribution in [3.8, 4) is 28.5 Å². The second-order valence-corrected chi connectivity index (χ2v) is 23.2. The number of hydrogen-bond donors (Lipinski definition) is 0. The molecule has 3 aromatic rings. The summed E-state index contributed by atoms with van der Waals surface area (Å²) in [6.45, 7) is 21.4. The zero-order valence-corrected chi connectivity index (χ0v) is 36.4. The summed E-state index contributed by atoms with van der Waals surface area (Å²) >= 11 is 13.3. The molecule has 1 amide bonds. The van der Waals surface area contributed by atoms with Gasteiger partial charge in [-0.05, 0) is 71.0 Å². The Morgan fingerprint density at radius 2 is 1.65 bits per heavy atom. The highest BCUT2D eigenvalue weighted by Gasteiger charge is 2.54. The Morgan fingerprint density at radius 1 is 1.02 bits per heavy atom. The van der Waals surface area contributed by atoms with Gasteiger partial charge in [0.05, 0.1) is 35.6 Å². The average Bonchev–Trinajstić information content (AvgIpc) is 3.25. The van der Waals surface area contributed by atoms with Gasteiger partial charge >= 0.3 is 12.3 Å². The van der Waals surface area contributed by atoms with Crippen LogP contribution in [0.3, 0.4) is 0 Å². The number of hydrogen-bond acceptors (Lipinski definition) is 9. The molecule has 0 radical (unpaired) electrons. The van der Waals surface area contributed by atoms with Crippen LogP contribution < -0.4 is 9.64 Å². The van der Waals surface area contributed by atoms with E-state index in [1.807, 2.05) is 34.6 Å². The molecule has 1 atom stereocenters. The highest BCUT2D eigenvalue weighted by Crippen LogP contribution is 2.45. The van der Waals surface area contributed by atoms with Crippen LogP contribution in [-0.4, -0.2) is 115 Å². The van der Waals surface area contributed by atoms with Crippen molar-refractivity contribution in [3.05, 3.63) is 39.5 Å². The van der Waals surface area contributed by atoms with Crippen LogP contribution in [0.15, 0.2) is 18.2 Å². The summed E-state index contributed by atoms with van der Waals surface area (Å²) in [5.41, 5.74) is 2.52. The first kappa shape index (κ1) is 43.0. The highest BCUT2D eigenvalue weighted by molar-refractivity contribution is 6.74. The van der Waals surface area contributed by atoms with Gasteiger partial charge in [0.1, 0.15) is 23.8 Å². The van der Waals surface area contributed by atoms with Crippen LogP contribution in [0, 0.1) is 19.3 Å². The summed E-state index contributed by atoms with van der Waals surface area (Å²) < 4.78 is 59.5. The van der Waals surface area contributed by atoms with Gasteiger partial charge in [-0.15, -0.1) is 0 Å². The Hall–Kier alpha value is -3.11. The number of amides is 1. The van der Waals surface area contributed by atoms with Crippen molar-refractivity contribution < 1.29 is 31.9 Å². The third-order valence-electron chi connectivity index (χ3n) is 10.5. The monoisotopic (exact) mass is 827 g/mol. The molecule has 2 saturated heterocycles. The molecule has 11 nitrogen and oxygen atoms in total. The normalized spacial score (nSPS) is 16.9. The van der Waals surface area contributed by atoms with Crippen LogP contribution in [0.5, 0.6) is 5.75 Å². The van der Waals surface area contributed by atoms with Crippen LogP contribution in [0.25, 0.3) is 22.8 Å². The van der Waals surface area contributed by atoms with Gasteiger partial charge in [-0.3, -0.25) is 9.58 Å². The third kappa shape index (κ3) is 9.89. The standard InChI is InChI=1S/C38H54Cl2F3N7O4Si/c1-23-29(30-24(2)31(40)46-48(30)10)44-32(45-33(23)50-20-37(21-50)18-49(19-37)22-38(41,42)43)27-15-25(13-14-28(27)39)52-17-26(54-55(11,12)36(6,7)8)16-47(9)34(51)53-35(3,4)5/h13-15,26H,16-22H2,1-12H3/t26-/m1/s1. The van der Waals surface area contributed by atoms with Crippen molar-refractivity contribution in [2.24, 2.45) is 12.5 Å². The summed E-state index contributed by atoms with van der Waals surface area (Å²) in [7, 11) is 1.18. The Labute approximate surface area is 333 Å². The van der Waals surface area contributed by atoms with E-state index in [0.717, 1.165) is 11.1 Å². The van der Waals surface area contributed by atoms with Gasteiger partial charge in [0.15, 0.2) is 19.3 Å². The number of halogens is 5. The number of likely N-dealkylation sites (N-methyl/N-ethyl adjacent to an activating group) is 1.